The fourth-order valence-electron chi connectivity index (χ4n) is 2.82. The Balaban J connectivity index is 1.58. The topological polar surface area (TPSA) is 114 Å². The van der Waals surface area contributed by atoms with Gasteiger partial charge in [-0.05, 0) is 35.9 Å². The average molecular weight is 432 g/mol. The lowest BCUT2D eigenvalue weighted by Crippen LogP contribution is -2.27. The fraction of sp³-hybridized carbons (Fsp3) is 0.200. The first-order chi connectivity index (χ1) is 14.2. The van der Waals surface area contributed by atoms with Crippen LogP contribution in [0.2, 0.25) is 0 Å². The third kappa shape index (κ3) is 5.55. The van der Waals surface area contributed by atoms with E-state index in [-0.39, 0.29) is 16.8 Å². The molecule has 0 saturated heterocycles. The van der Waals surface area contributed by atoms with Crippen LogP contribution in [0.25, 0.3) is 10.8 Å². The largest absolute Gasteiger partial charge is 0.416 e. The first-order valence-electron chi connectivity index (χ1n) is 8.92. The van der Waals surface area contributed by atoms with Crippen molar-refractivity contribution in [1.29, 1.82) is 5.41 Å². The predicted molar refractivity (Wildman–Crippen MR) is 114 cm³/mol. The number of benzene rings is 2. The van der Waals surface area contributed by atoms with Crippen molar-refractivity contribution in [2.75, 3.05) is 6.54 Å². The van der Waals surface area contributed by atoms with Gasteiger partial charge in [-0.25, -0.2) is 0 Å². The average Bonchev–Trinajstić information content (AvgIpc) is 2.71. The van der Waals surface area contributed by atoms with E-state index >= 15 is 0 Å². The van der Waals surface area contributed by atoms with Crippen LogP contribution in [0.1, 0.15) is 16.7 Å². The van der Waals surface area contributed by atoms with Crippen molar-refractivity contribution in [2.45, 2.75) is 18.6 Å². The quantitative estimate of drug-likeness (QED) is 0.421. The van der Waals surface area contributed by atoms with Crippen LogP contribution in [0.5, 0.6) is 0 Å². The minimum Gasteiger partial charge on any atom is -0.378 e. The van der Waals surface area contributed by atoms with Gasteiger partial charge in [-0.2, -0.15) is 23.4 Å². The first kappa shape index (κ1) is 21.7. The van der Waals surface area contributed by atoms with Crippen LogP contribution in [0.4, 0.5) is 13.2 Å². The number of nitrogens with one attached hydrogen (secondary N) is 1. The fourth-order valence-corrected chi connectivity index (χ4v) is 3.46. The number of nitrogens with two attached hydrogens (primary N) is 2. The number of halogens is 3. The molecule has 10 heteroatoms. The summed E-state index contributed by atoms with van der Waals surface area (Å²) in [6.07, 6.45) is -0.793. The van der Waals surface area contributed by atoms with Crippen molar-refractivity contribution in [2.24, 2.45) is 16.5 Å². The number of aromatic nitrogens is 2. The molecule has 3 aromatic rings. The van der Waals surface area contributed by atoms with Gasteiger partial charge < -0.3 is 11.5 Å². The second-order valence-corrected chi connectivity index (χ2v) is 7.60. The Labute approximate surface area is 175 Å². The number of hydrogen-bond donors (Lipinski definition) is 3. The van der Waals surface area contributed by atoms with Crippen molar-refractivity contribution in [3.63, 3.8) is 0 Å². The Morgan fingerprint density at radius 3 is 2.50 bits per heavy atom. The summed E-state index contributed by atoms with van der Waals surface area (Å²) in [5, 5.41) is 18.0. The molecule has 0 aliphatic heterocycles. The molecule has 0 spiro atoms. The third-order valence-electron chi connectivity index (χ3n) is 4.30. The smallest absolute Gasteiger partial charge is 0.378 e. The molecule has 5 N–H and O–H groups in total. The van der Waals surface area contributed by atoms with Crippen molar-refractivity contribution in [3.05, 3.63) is 71.5 Å². The SMILES string of the molecule is N=C(SC(N)=NC[C@H](N)Cc1ccc(C(F)(F)F)cc1)c1cccc2cnncc12. The summed E-state index contributed by atoms with van der Waals surface area (Å²) < 4.78 is 37.9. The van der Waals surface area contributed by atoms with E-state index in [1.807, 2.05) is 12.1 Å². The van der Waals surface area contributed by atoms with Crippen LogP contribution >= 0.6 is 11.8 Å². The Morgan fingerprint density at radius 1 is 1.10 bits per heavy atom. The molecule has 3 rings (SSSR count). The molecule has 1 heterocycles. The summed E-state index contributed by atoms with van der Waals surface area (Å²) in [4.78, 5) is 4.21. The van der Waals surface area contributed by atoms with E-state index in [1.54, 1.807) is 18.5 Å². The lowest BCUT2D eigenvalue weighted by atomic mass is 10.0. The number of fused-ring (bicyclic) bond motifs is 1. The second kappa shape index (κ2) is 9.23. The lowest BCUT2D eigenvalue weighted by Gasteiger charge is -2.11. The molecular formula is C20H19F3N6S. The number of aliphatic imine (C=N–C) groups is 1. The molecule has 30 heavy (non-hydrogen) atoms. The van der Waals surface area contributed by atoms with E-state index in [0.29, 0.717) is 17.5 Å². The van der Waals surface area contributed by atoms with Gasteiger partial charge in [-0.15, -0.1) is 0 Å². The van der Waals surface area contributed by atoms with Gasteiger partial charge in [0, 0.05) is 22.4 Å². The molecule has 0 bridgehead atoms. The Bertz CT molecular complexity index is 1060. The van der Waals surface area contributed by atoms with Crippen molar-refractivity contribution in [1.82, 2.24) is 10.2 Å². The molecule has 0 aliphatic carbocycles. The molecular weight excluding hydrogens is 413 g/mol. The minimum absolute atomic E-state index is 0.182. The maximum Gasteiger partial charge on any atom is 0.416 e. The first-order valence-corrected chi connectivity index (χ1v) is 9.73. The number of rotatable bonds is 5. The summed E-state index contributed by atoms with van der Waals surface area (Å²) in [5.41, 5.74) is 12.6. The molecule has 0 radical (unpaired) electrons. The van der Waals surface area contributed by atoms with E-state index in [0.717, 1.165) is 34.7 Å². The summed E-state index contributed by atoms with van der Waals surface area (Å²) in [6, 6.07) is 9.96. The van der Waals surface area contributed by atoms with Gasteiger partial charge in [-0.1, -0.05) is 30.3 Å². The highest BCUT2D eigenvalue weighted by Gasteiger charge is 2.29. The molecule has 0 unspecified atom stereocenters. The zero-order chi connectivity index (χ0) is 21.7. The normalized spacial score (nSPS) is 13.4. The zero-order valence-corrected chi connectivity index (χ0v) is 16.5. The second-order valence-electron chi connectivity index (χ2n) is 6.57. The maximum absolute atomic E-state index is 12.6. The lowest BCUT2D eigenvalue weighted by molar-refractivity contribution is -0.137. The summed E-state index contributed by atoms with van der Waals surface area (Å²) in [7, 11) is 0. The number of hydrogen-bond acceptors (Lipinski definition) is 6. The standard InChI is InChI=1S/C20H19F3N6S/c21-20(22,23)14-6-4-12(5-7-14)8-15(24)10-27-19(26)30-18(25)16-3-1-2-13-9-28-29-11-17(13)16/h1-7,9,11,15,25H,8,10,24H2,(H2,26,27)/t15-/m1/s1. The highest BCUT2D eigenvalue weighted by atomic mass is 32.2. The molecule has 0 amide bonds. The molecule has 0 saturated carbocycles. The van der Waals surface area contributed by atoms with Gasteiger partial charge in [0.25, 0.3) is 0 Å². The number of thioether (sulfide) groups is 1. The van der Waals surface area contributed by atoms with Gasteiger partial charge in [-0.3, -0.25) is 10.4 Å². The van der Waals surface area contributed by atoms with Gasteiger partial charge >= 0.3 is 6.18 Å². The number of amidine groups is 1. The molecule has 1 aromatic heterocycles. The summed E-state index contributed by atoms with van der Waals surface area (Å²) in [6.45, 7) is 0.189. The van der Waals surface area contributed by atoms with Gasteiger partial charge in [0.15, 0.2) is 5.17 Å². The molecule has 0 aliphatic rings. The summed E-state index contributed by atoms with van der Waals surface area (Å²) >= 11 is 1.00. The van der Waals surface area contributed by atoms with Crippen molar-refractivity contribution in [3.8, 4) is 0 Å². The van der Waals surface area contributed by atoms with Gasteiger partial charge in [0.1, 0.15) is 5.04 Å². The number of alkyl halides is 3. The minimum atomic E-state index is -4.36. The van der Waals surface area contributed by atoms with Crippen LogP contribution in [-0.2, 0) is 12.6 Å². The Hall–Kier alpha value is -2.98. The van der Waals surface area contributed by atoms with Crippen LogP contribution in [0.15, 0.2) is 59.9 Å². The number of nitrogens with zero attached hydrogens (tertiary/aromatic N) is 3. The van der Waals surface area contributed by atoms with Crippen LogP contribution in [0.3, 0.4) is 0 Å². The molecule has 0 fully saturated rings. The van der Waals surface area contributed by atoms with E-state index in [2.05, 4.69) is 15.2 Å². The molecule has 156 valence electrons. The van der Waals surface area contributed by atoms with Crippen molar-refractivity contribution >= 4 is 32.7 Å². The van der Waals surface area contributed by atoms with E-state index in [9.17, 15) is 13.2 Å². The van der Waals surface area contributed by atoms with Crippen LogP contribution in [0, 0.1) is 5.41 Å². The van der Waals surface area contributed by atoms with Gasteiger partial charge in [0.05, 0.1) is 24.5 Å². The Kier molecular flexibility index (Phi) is 6.68. The highest BCUT2D eigenvalue weighted by Crippen LogP contribution is 2.29. The Morgan fingerprint density at radius 2 is 1.80 bits per heavy atom. The van der Waals surface area contributed by atoms with E-state index in [1.165, 1.54) is 12.1 Å². The van der Waals surface area contributed by atoms with E-state index in [4.69, 9.17) is 16.9 Å². The zero-order valence-electron chi connectivity index (χ0n) is 15.7. The van der Waals surface area contributed by atoms with E-state index < -0.39 is 17.8 Å². The monoisotopic (exact) mass is 432 g/mol. The highest BCUT2D eigenvalue weighted by molar-refractivity contribution is 8.26. The molecule has 2 aromatic carbocycles. The third-order valence-corrected chi connectivity index (χ3v) is 5.06. The predicted octanol–water partition coefficient (Wildman–Crippen LogP) is 3.59. The van der Waals surface area contributed by atoms with Gasteiger partial charge in [0.2, 0.25) is 0 Å². The summed E-state index contributed by atoms with van der Waals surface area (Å²) in [5.74, 6) is 0. The molecule has 1 atom stereocenters. The molecule has 6 nitrogen and oxygen atoms in total. The van der Waals surface area contributed by atoms with Crippen LogP contribution in [-0.4, -0.2) is 33.0 Å². The van der Waals surface area contributed by atoms with Crippen LogP contribution < -0.4 is 11.5 Å². The maximum atomic E-state index is 12.6. The van der Waals surface area contributed by atoms with Crippen molar-refractivity contribution < 1.29 is 13.2 Å².